The number of pyridine rings is 1. The van der Waals surface area contributed by atoms with E-state index in [1.165, 1.54) is 17.4 Å². The largest absolute Gasteiger partial charge is 0.433 e. The minimum absolute atomic E-state index is 0.426. The molecule has 0 spiro atoms. The van der Waals surface area contributed by atoms with Crippen LogP contribution in [0.3, 0.4) is 0 Å². The lowest BCUT2D eigenvalue weighted by atomic mass is 10.3. The first-order valence-corrected chi connectivity index (χ1v) is 4.37. The van der Waals surface area contributed by atoms with E-state index >= 15 is 0 Å². The zero-order valence-corrected chi connectivity index (χ0v) is 7.12. The Morgan fingerprint density at radius 1 is 1.15 bits per heavy atom. The van der Waals surface area contributed by atoms with Gasteiger partial charge >= 0.3 is 6.18 Å². The average Bonchev–Trinajstić information content (AvgIpc) is 2.47. The summed E-state index contributed by atoms with van der Waals surface area (Å²) >= 11 is 1.21. The van der Waals surface area contributed by atoms with Gasteiger partial charge in [-0.1, -0.05) is 0 Å². The topological polar surface area (TPSA) is 12.9 Å². The van der Waals surface area contributed by atoms with Crippen molar-refractivity contribution in [2.45, 2.75) is 6.18 Å². The van der Waals surface area contributed by atoms with Gasteiger partial charge in [0.2, 0.25) is 0 Å². The highest BCUT2D eigenvalue weighted by atomic mass is 32.1. The lowest BCUT2D eigenvalue weighted by molar-refractivity contribution is -0.140. The van der Waals surface area contributed by atoms with Crippen molar-refractivity contribution in [3.8, 4) is 0 Å². The molecule has 0 N–H and O–H groups in total. The van der Waals surface area contributed by atoms with Gasteiger partial charge in [0.05, 0.1) is 0 Å². The van der Waals surface area contributed by atoms with Gasteiger partial charge in [-0.15, -0.1) is 11.3 Å². The van der Waals surface area contributed by atoms with Crippen molar-refractivity contribution in [2.24, 2.45) is 0 Å². The molecule has 0 unspecified atom stereocenters. The van der Waals surface area contributed by atoms with Gasteiger partial charge in [-0.3, -0.25) is 0 Å². The van der Waals surface area contributed by atoms with Crippen LogP contribution < -0.4 is 0 Å². The third-order valence-corrected chi connectivity index (χ3v) is 2.43. The molecule has 0 saturated heterocycles. The molecule has 2 rings (SSSR count). The molecule has 1 nitrogen and oxygen atoms in total. The van der Waals surface area contributed by atoms with Gasteiger partial charge < -0.3 is 0 Å². The van der Waals surface area contributed by atoms with Crippen LogP contribution in [-0.4, -0.2) is 4.98 Å². The molecule has 2 aromatic heterocycles. The standard InChI is InChI=1S/C8H4F3NS/c9-8(10,11)6-2-1-5-3-4-13-7(5)12-6/h1-4H. The van der Waals surface area contributed by atoms with Crippen molar-refractivity contribution < 1.29 is 13.2 Å². The van der Waals surface area contributed by atoms with E-state index in [0.717, 1.165) is 11.5 Å². The molecule has 0 aliphatic heterocycles. The first-order chi connectivity index (χ1) is 6.07. The Bertz CT molecular complexity index is 432. The molecule has 0 aliphatic carbocycles. The normalized spacial score (nSPS) is 12.2. The summed E-state index contributed by atoms with van der Waals surface area (Å²) < 4.78 is 36.5. The fourth-order valence-electron chi connectivity index (χ4n) is 1.00. The lowest BCUT2D eigenvalue weighted by Crippen LogP contribution is -2.06. The van der Waals surface area contributed by atoms with Crippen LogP contribution in [0.25, 0.3) is 10.2 Å². The van der Waals surface area contributed by atoms with Crippen LogP contribution in [0.4, 0.5) is 13.2 Å². The molecule has 0 aliphatic rings. The first kappa shape index (κ1) is 8.50. The molecule has 0 fully saturated rings. The molecule has 0 aromatic carbocycles. The summed E-state index contributed by atoms with van der Waals surface area (Å²) in [6.45, 7) is 0. The summed E-state index contributed by atoms with van der Waals surface area (Å²) in [5, 5.41) is 2.47. The molecule has 0 radical (unpaired) electrons. The fraction of sp³-hybridized carbons (Fsp3) is 0.125. The van der Waals surface area contributed by atoms with E-state index in [-0.39, 0.29) is 0 Å². The van der Waals surface area contributed by atoms with E-state index in [1.54, 1.807) is 11.4 Å². The zero-order chi connectivity index (χ0) is 9.47. The third kappa shape index (κ3) is 1.51. The zero-order valence-electron chi connectivity index (χ0n) is 6.30. The third-order valence-electron chi connectivity index (χ3n) is 1.61. The number of hydrogen-bond donors (Lipinski definition) is 0. The molecule has 0 amide bonds. The van der Waals surface area contributed by atoms with Crippen molar-refractivity contribution in [1.82, 2.24) is 4.98 Å². The Labute approximate surface area is 75.8 Å². The van der Waals surface area contributed by atoms with Crippen LogP contribution in [0.15, 0.2) is 23.6 Å². The van der Waals surface area contributed by atoms with Crippen LogP contribution in [-0.2, 0) is 6.18 Å². The monoisotopic (exact) mass is 203 g/mol. The van der Waals surface area contributed by atoms with Crippen molar-refractivity contribution in [3.05, 3.63) is 29.3 Å². The maximum Gasteiger partial charge on any atom is 0.433 e. The fourth-order valence-corrected chi connectivity index (χ4v) is 1.77. The molecule has 0 saturated carbocycles. The summed E-state index contributed by atoms with van der Waals surface area (Å²) in [4.78, 5) is 3.93. The quantitative estimate of drug-likeness (QED) is 0.640. The highest BCUT2D eigenvalue weighted by molar-refractivity contribution is 7.16. The summed E-state index contributed by atoms with van der Waals surface area (Å²) in [5.41, 5.74) is -0.831. The SMILES string of the molecule is FC(F)(F)c1ccc2ccsc2n1. The number of hydrogen-bond acceptors (Lipinski definition) is 2. The number of rotatable bonds is 0. The second-order valence-corrected chi connectivity index (χ2v) is 3.40. The maximum absolute atomic E-state index is 12.2. The van der Waals surface area contributed by atoms with E-state index in [4.69, 9.17) is 0 Å². The van der Waals surface area contributed by atoms with Gasteiger partial charge in [-0.25, -0.2) is 4.98 Å². The molecule has 0 bridgehead atoms. The van der Waals surface area contributed by atoms with Crippen molar-refractivity contribution in [3.63, 3.8) is 0 Å². The minimum atomic E-state index is -4.35. The number of thiophene rings is 1. The average molecular weight is 203 g/mol. The van der Waals surface area contributed by atoms with Gasteiger partial charge in [0, 0.05) is 5.39 Å². The van der Waals surface area contributed by atoms with E-state index in [2.05, 4.69) is 4.98 Å². The van der Waals surface area contributed by atoms with E-state index in [0.29, 0.717) is 4.83 Å². The summed E-state index contributed by atoms with van der Waals surface area (Å²) in [5.74, 6) is 0. The number of fused-ring (bicyclic) bond motifs is 1. The predicted octanol–water partition coefficient (Wildman–Crippen LogP) is 3.32. The molecule has 13 heavy (non-hydrogen) atoms. The van der Waals surface area contributed by atoms with E-state index < -0.39 is 11.9 Å². The minimum Gasteiger partial charge on any atom is -0.232 e. The molecule has 5 heteroatoms. The highest BCUT2D eigenvalue weighted by Crippen LogP contribution is 2.30. The summed E-state index contributed by atoms with van der Waals surface area (Å²) in [7, 11) is 0. The maximum atomic E-state index is 12.2. The highest BCUT2D eigenvalue weighted by Gasteiger charge is 2.32. The Balaban J connectivity index is 2.61. The second-order valence-electron chi connectivity index (χ2n) is 2.51. The van der Waals surface area contributed by atoms with Gasteiger partial charge in [0.25, 0.3) is 0 Å². The molecular weight excluding hydrogens is 199 g/mol. The second kappa shape index (κ2) is 2.70. The number of alkyl halides is 3. The first-order valence-electron chi connectivity index (χ1n) is 3.49. The molecule has 0 atom stereocenters. The van der Waals surface area contributed by atoms with Gasteiger partial charge in [0.15, 0.2) is 0 Å². The Hall–Kier alpha value is -1.10. The van der Waals surface area contributed by atoms with Crippen LogP contribution in [0, 0.1) is 0 Å². The van der Waals surface area contributed by atoms with Gasteiger partial charge in [-0.05, 0) is 23.6 Å². The lowest BCUT2D eigenvalue weighted by Gasteiger charge is -2.04. The predicted molar refractivity (Wildman–Crippen MR) is 44.6 cm³/mol. The van der Waals surface area contributed by atoms with Crippen LogP contribution in [0.5, 0.6) is 0 Å². The Morgan fingerprint density at radius 3 is 2.62 bits per heavy atom. The molecule has 2 aromatic rings. The summed E-state index contributed by atoms with van der Waals surface area (Å²) in [6, 6.07) is 4.17. The van der Waals surface area contributed by atoms with Crippen molar-refractivity contribution in [1.29, 1.82) is 0 Å². The van der Waals surface area contributed by atoms with Crippen LogP contribution in [0.2, 0.25) is 0 Å². The van der Waals surface area contributed by atoms with Crippen molar-refractivity contribution >= 4 is 21.6 Å². The van der Waals surface area contributed by atoms with Crippen molar-refractivity contribution in [2.75, 3.05) is 0 Å². The molecule has 2 heterocycles. The van der Waals surface area contributed by atoms with E-state index in [1.807, 2.05) is 0 Å². The smallest absolute Gasteiger partial charge is 0.232 e. The Kier molecular flexibility index (Phi) is 1.76. The number of aromatic nitrogens is 1. The Morgan fingerprint density at radius 2 is 1.92 bits per heavy atom. The number of nitrogens with zero attached hydrogens (tertiary/aromatic N) is 1. The number of halogens is 3. The summed E-state index contributed by atoms with van der Waals surface area (Å²) in [6.07, 6.45) is -4.35. The van der Waals surface area contributed by atoms with Gasteiger partial charge in [0.1, 0.15) is 10.5 Å². The molecular formula is C8H4F3NS. The van der Waals surface area contributed by atoms with E-state index in [9.17, 15) is 13.2 Å². The molecule has 68 valence electrons. The van der Waals surface area contributed by atoms with Crippen LogP contribution in [0.1, 0.15) is 5.69 Å². The van der Waals surface area contributed by atoms with Crippen LogP contribution >= 0.6 is 11.3 Å². The van der Waals surface area contributed by atoms with Gasteiger partial charge in [-0.2, -0.15) is 13.2 Å².